The number of nitrogen functional groups attached to an aromatic ring is 1. The fraction of sp³-hybridized carbons (Fsp3) is 0.0909. The fourth-order valence-electron chi connectivity index (χ4n) is 1.45. The topological polar surface area (TPSA) is 60.9 Å². The SMILES string of the molecule is Nc1c(Cl)ncn(Cc2cc(Cl)ccc2Cl)c1=O. The van der Waals surface area contributed by atoms with Crippen molar-refractivity contribution in [2.45, 2.75) is 6.54 Å². The Labute approximate surface area is 118 Å². The second-order valence-electron chi connectivity index (χ2n) is 3.62. The molecule has 94 valence electrons. The van der Waals surface area contributed by atoms with Gasteiger partial charge in [0.2, 0.25) is 0 Å². The van der Waals surface area contributed by atoms with Crippen LogP contribution in [0.4, 0.5) is 5.69 Å². The first-order valence-electron chi connectivity index (χ1n) is 4.93. The minimum Gasteiger partial charge on any atom is -0.392 e. The molecule has 0 aliphatic heterocycles. The average Bonchev–Trinajstić information content (AvgIpc) is 2.34. The Morgan fingerprint density at radius 3 is 2.72 bits per heavy atom. The van der Waals surface area contributed by atoms with Crippen LogP contribution in [-0.4, -0.2) is 9.55 Å². The number of aromatic nitrogens is 2. The summed E-state index contributed by atoms with van der Waals surface area (Å²) in [5, 5.41) is 1.05. The summed E-state index contributed by atoms with van der Waals surface area (Å²) in [6, 6.07) is 5.02. The van der Waals surface area contributed by atoms with Crippen LogP contribution < -0.4 is 11.3 Å². The maximum Gasteiger partial charge on any atom is 0.278 e. The van der Waals surface area contributed by atoms with E-state index >= 15 is 0 Å². The lowest BCUT2D eigenvalue weighted by molar-refractivity contribution is 0.739. The van der Waals surface area contributed by atoms with Crippen molar-refractivity contribution in [3.8, 4) is 0 Å². The molecule has 2 rings (SSSR count). The molecule has 4 nitrogen and oxygen atoms in total. The van der Waals surface area contributed by atoms with E-state index in [0.29, 0.717) is 15.6 Å². The summed E-state index contributed by atoms with van der Waals surface area (Å²) in [7, 11) is 0. The van der Waals surface area contributed by atoms with Gasteiger partial charge in [0, 0.05) is 10.0 Å². The van der Waals surface area contributed by atoms with E-state index in [9.17, 15) is 4.79 Å². The Hall–Kier alpha value is -1.23. The molecule has 0 unspecified atom stereocenters. The van der Waals surface area contributed by atoms with Gasteiger partial charge in [0.15, 0.2) is 5.15 Å². The summed E-state index contributed by atoms with van der Waals surface area (Å²) in [6.45, 7) is 0.229. The zero-order valence-electron chi connectivity index (χ0n) is 9.03. The van der Waals surface area contributed by atoms with Crippen molar-refractivity contribution in [2.75, 3.05) is 5.73 Å². The van der Waals surface area contributed by atoms with Gasteiger partial charge < -0.3 is 5.73 Å². The molecule has 2 N–H and O–H groups in total. The lowest BCUT2D eigenvalue weighted by Gasteiger charge is -2.08. The molecule has 0 aliphatic rings. The molecular formula is C11H8Cl3N3O. The van der Waals surface area contributed by atoms with Gasteiger partial charge in [0.05, 0.1) is 12.9 Å². The Kier molecular flexibility index (Phi) is 3.80. The number of halogens is 3. The highest BCUT2D eigenvalue weighted by molar-refractivity contribution is 6.33. The van der Waals surface area contributed by atoms with E-state index in [-0.39, 0.29) is 17.4 Å². The summed E-state index contributed by atoms with van der Waals surface area (Å²) in [4.78, 5) is 15.6. The van der Waals surface area contributed by atoms with E-state index in [1.165, 1.54) is 10.9 Å². The van der Waals surface area contributed by atoms with Crippen molar-refractivity contribution in [3.05, 3.63) is 55.6 Å². The molecule has 0 radical (unpaired) electrons. The molecule has 0 bridgehead atoms. The zero-order chi connectivity index (χ0) is 13.3. The Morgan fingerprint density at radius 1 is 1.28 bits per heavy atom. The third-order valence-electron chi connectivity index (χ3n) is 2.37. The smallest absolute Gasteiger partial charge is 0.278 e. The van der Waals surface area contributed by atoms with Gasteiger partial charge >= 0.3 is 0 Å². The van der Waals surface area contributed by atoms with Crippen molar-refractivity contribution in [3.63, 3.8) is 0 Å². The summed E-state index contributed by atoms with van der Waals surface area (Å²) < 4.78 is 1.32. The van der Waals surface area contributed by atoms with Crippen LogP contribution in [0.15, 0.2) is 29.3 Å². The van der Waals surface area contributed by atoms with Gasteiger partial charge in [-0.3, -0.25) is 9.36 Å². The maximum atomic E-state index is 11.8. The van der Waals surface area contributed by atoms with Crippen LogP contribution in [0.5, 0.6) is 0 Å². The Balaban J connectivity index is 2.44. The predicted octanol–water partition coefficient (Wildman–Crippen LogP) is 2.83. The molecule has 0 amide bonds. The standard InChI is InChI=1S/C11H8Cl3N3O/c12-7-1-2-8(13)6(3-7)4-17-5-16-10(14)9(15)11(17)18/h1-3,5H,4,15H2. The minimum atomic E-state index is -0.411. The molecule has 2 aromatic rings. The van der Waals surface area contributed by atoms with Crippen LogP contribution in [0.25, 0.3) is 0 Å². The number of nitrogens with zero attached hydrogens (tertiary/aromatic N) is 2. The van der Waals surface area contributed by atoms with Crippen molar-refractivity contribution < 1.29 is 0 Å². The zero-order valence-corrected chi connectivity index (χ0v) is 11.3. The molecule has 0 saturated heterocycles. The number of benzene rings is 1. The Bertz CT molecular complexity index is 654. The van der Waals surface area contributed by atoms with Gasteiger partial charge in [-0.25, -0.2) is 4.98 Å². The van der Waals surface area contributed by atoms with Crippen molar-refractivity contribution in [1.29, 1.82) is 0 Å². The first-order valence-corrected chi connectivity index (χ1v) is 6.07. The maximum absolute atomic E-state index is 11.8. The third-order valence-corrected chi connectivity index (χ3v) is 3.28. The van der Waals surface area contributed by atoms with Crippen LogP contribution >= 0.6 is 34.8 Å². The molecule has 1 heterocycles. The van der Waals surface area contributed by atoms with Gasteiger partial charge in [0.25, 0.3) is 5.56 Å². The van der Waals surface area contributed by atoms with E-state index in [1.54, 1.807) is 18.2 Å². The minimum absolute atomic E-state index is 0.00607. The largest absolute Gasteiger partial charge is 0.392 e. The van der Waals surface area contributed by atoms with Gasteiger partial charge in [-0.2, -0.15) is 0 Å². The molecule has 7 heteroatoms. The lowest BCUT2D eigenvalue weighted by Crippen LogP contribution is -2.24. The molecule has 0 aliphatic carbocycles. The van der Waals surface area contributed by atoms with Gasteiger partial charge in [-0.15, -0.1) is 0 Å². The quantitative estimate of drug-likeness (QED) is 0.868. The highest BCUT2D eigenvalue weighted by atomic mass is 35.5. The fourth-order valence-corrected chi connectivity index (χ4v) is 1.94. The monoisotopic (exact) mass is 303 g/mol. The summed E-state index contributed by atoms with van der Waals surface area (Å²) in [6.07, 6.45) is 1.32. The number of hydrogen-bond donors (Lipinski definition) is 1. The van der Waals surface area contributed by atoms with Gasteiger partial charge in [-0.1, -0.05) is 34.8 Å². The highest BCUT2D eigenvalue weighted by Crippen LogP contribution is 2.21. The summed E-state index contributed by atoms with van der Waals surface area (Å²) in [5.74, 6) is 0. The summed E-state index contributed by atoms with van der Waals surface area (Å²) in [5.41, 5.74) is 5.72. The molecule has 18 heavy (non-hydrogen) atoms. The first-order chi connectivity index (χ1) is 8.49. The summed E-state index contributed by atoms with van der Waals surface area (Å²) >= 11 is 17.5. The van der Waals surface area contributed by atoms with Crippen LogP contribution in [0.1, 0.15) is 5.56 Å². The van der Waals surface area contributed by atoms with Gasteiger partial charge in [-0.05, 0) is 23.8 Å². The Morgan fingerprint density at radius 2 is 2.00 bits per heavy atom. The van der Waals surface area contributed by atoms with Crippen molar-refractivity contribution in [2.24, 2.45) is 0 Å². The number of anilines is 1. The number of rotatable bonds is 2. The third kappa shape index (κ3) is 2.61. The van der Waals surface area contributed by atoms with Crippen LogP contribution in [0.3, 0.4) is 0 Å². The van der Waals surface area contributed by atoms with E-state index < -0.39 is 5.56 Å². The molecule has 1 aromatic carbocycles. The van der Waals surface area contributed by atoms with Crippen LogP contribution in [0.2, 0.25) is 15.2 Å². The van der Waals surface area contributed by atoms with Gasteiger partial charge in [0.1, 0.15) is 5.69 Å². The molecule has 1 aromatic heterocycles. The second-order valence-corrected chi connectivity index (χ2v) is 4.82. The number of hydrogen-bond acceptors (Lipinski definition) is 3. The lowest BCUT2D eigenvalue weighted by atomic mass is 10.2. The van der Waals surface area contributed by atoms with E-state index in [0.717, 1.165) is 0 Å². The van der Waals surface area contributed by atoms with E-state index in [1.807, 2.05) is 0 Å². The van der Waals surface area contributed by atoms with Crippen LogP contribution in [-0.2, 0) is 6.54 Å². The molecule has 0 fully saturated rings. The van der Waals surface area contributed by atoms with Crippen molar-refractivity contribution >= 4 is 40.5 Å². The highest BCUT2D eigenvalue weighted by Gasteiger charge is 2.08. The number of nitrogens with two attached hydrogens (primary N) is 1. The molecule has 0 spiro atoms. The van der Waals surface area contributed by atoms with Crippen molar-refractivity contribution in [1.82, 2.24) is 9.55 Å². The normalized spacial score (nSPS) is 10.6. The van der Waals surface area contributed by atoms with E-state index in [2.05, 4.69) is 4.98 Å². The first kappa shape index (κ1) is 13.2. The van der Waals surface area contributed by atoms with Crippen LogP contribution in [0, 0.1) is 0 Å². The second kappa shape index (κ2) is 5.18. The molecule has 0 saturated carbocycles. The molecule has 0 atom stereocenters. The van der Waals surface area contributed by atoms with E-state index in [4.69, 9.17) is 40.5 Å². The molecular weight excluding hydrogens is 297 g/mol. The average molecular weight is 305 g/mol. The predicted molar refractivity (Wildman–Crippen MR) is 73.5 cm³/mol.